The van der Waals surface area contributed by atoms with E-state index in [4.69, 9.17) is 6.42 Å². The minimum atomic E-state index is -0.596. The van der Waals surface area contributed by atoms with Crippen molar-refractivity contribution in [2.75, 3.05) is 6.61 Å². The molecule has 4 aliphatic rings. The fraction of sp³-hybridized carbons (Fsp3) is 0.875. The summed E-state index contributed by atoms with van der Waals surface area (Å²) in [5.74, 6) is 3.64. The third-order valence-corrected chi connectivity index (χ3v) is 9.04. The lowest BCUT2D eigenvalue weighted by atomic mass is 9.43. The number of hydrogen-bond donors (Lipinski definition) is 2. The molecular formula is C24H38O4. The van der Waals surface area contributed by atoms with Crippen molar-refractivity contribution in [1.29, 1.82) is 0 Å². The number of rotatable bonds is 1. The van der Waals surface area contributed by atoms with Crippen molar-refractivity contribution in [3.8, 4) is 12.3 Å². The molecule has 4 rings (SSSR count). The SMILES string of the molecule is C#CCOC(C)=O.CC12CCCC[C@H]1CCC1C2C[C@@H](O)[C@]2(C)CCC[C@]12O. The highest BCUT2D eigenvalue weighted by Gasteiger charge is 2.67. The van der Waals surface area contributed by atoms with E-state index in [0.29, 0.717) is 17.3 Å². The fourth-order valence-corrected chi connectivity index (χ4v) is 7.37. The number of fused-ring (bicyclic) bond motifs is 5. The molecule has 4 aliphatic carbocycles. The molecule has 0 radical (unpaired) electrons. The van der Waals surface area contributed by atoms with Crippen molar-refractivity contribution in [3.05, 3.63) is 0 Å². The highest BCUT2D eigenvalue weighted by molar-refractivity contribution is 5.66. The van der Waals surface area contributed by atoms with Crippen molar-refractivity contribution in [3.63, 3.8) is 0 Å². The minimum absolute atomic E-state index is 0.0787. The fourth-order valence-electron chi connectivity index (χ4n) is 7.37. The van der Waals surface area contributed by atoms with Gasteiger partial charge < -0.3 is 14.9 Å². The van der Waals surface area contributed by atoms with E-state index >= 15 is 0 Å². The van der Waals surface area contributed by atoms with Crippen LogP contribution in [0, 0.1) is 40.9 Å². The van der Waals surface area contributed by atoms with Crippen LogP contribution in [0.5, 0.6) is 0 Å². The first kappa shape index (κ1) is 21.7. The highest BCUT2D eigenvalue weighted by Crippen LogP contribution is 2.67. The molecule has 0 aliphatic heterocycles. The predicted octanol–water partition coefficient (Wildman–Crippen LogP) is 4.08. The van der Waals surface area contributed by atoms with Gasteiger partial charge in [0, 0.05) is 12.3 Å². The molecule has 3 unspecified atom stereocenters. The molecule has 0 heterocycles. The maximum atomic E-state index is 11.6. The Hall–Kier alpha value is -1.05. The number of aliphatic hydroxyl groups excluding tert-OH is 1. The summed E-state index contributed by atoms with van der Waals surface area (Å²) in [6.45, 7) is 6.05. The van der Waals surface area contributed by atoms with Crippen LogP contribution in [-0.4, -0.2) is 34.5 Å². The average molecular weight is 391 g/mol. The molecule has 0 aromatic rings. The summed E-state index contributed by atoms with van der Waals surface area (Å²) < 4.78 is 4.32. The molecule has 0 bridgehead atoms. The Labute approximate surface area is 170 Å². The van der Waals surface area contributed by atoms with E-state index in [1.807, 2.05) is 0 Å². The summed E-state index contributed by atoms with van der Waals surface area (Å²) in [7, 11) is 0. The van der Waals surface area contributed by atoms with Crippen molar-refractivity contribution in [2.24, 2.45) is 28.6 Å². The number of hydrogen-bond acceptors (Lipinski definition) is 4. The normalized spacial score (nSPS) is 46.7. The molecule has 4 heteroatoms. The topological polar surface area (TPSA) is 66.8 Å². The molecule has 4 saturated carbocycles. The van der Waals surface area contributed by atoms with Crippen molar-refractivity contribution in [2.45, 2.75) is 96.7 Å². The summed E-state index contributed by atoms with van der Waals surface area (Å²) in [4.78, 5) is 9.88. The molecule has 4 nitrogen and oxygen atoms in total. The predicted molar refractivity (Wildman–Crippen MR) is 109 cm³/mol. The van der Waals surface area contributed by atoms with Gasteiger partial charge in [-0.25, -0.2) is 0 Å². The number of aliphatic hydroxyl groups is 2. The maximum absolute atomic E-state index is 11.6. The number of carbonyl (C=O) groups excluding carboxylic acids is 1. The van der Waals surface area contributed by atoms with Crippen LogP contribution in [0.15, 0.2) is 0 Å². The summed E-state index contributed by atoms with van der Waals surface area (Å²) in [5.41, 5.74) is -0.464. The first-order chi connectivity index (χ1) is 13.2. The van der Waals surface area contributed by atoms with Gasteiger partial charge in [0.25, 0.3) is 0 Å². The molecule has 0 aromatic heterocycles. The van der Waals surface area contributed by atoms with Crippen molar-refractivity contribution in [1.82, 2.24) is 0 Å². The third kappa shape index (κ3) is 3.39. The van der Waals surface area contributed by atoms with Gasteiger partial charge in [-0.05, 0) is 74.5 Å². The van der Waals surface area contributed by atoms with Gasteiger partial charge in [0.1, 0.15) is 0 Å². The quantitative estimate of drug-likeness (QED) is 0.523. The molecule has 2 N–H and O–H groups in total. The Morgan fingerprint density at radius 1 is 1.11 bits per heavy atom. The lowest BCUT2D eigenvalue weighted by Crippen LogP contribution is -2.65. The Morgan fingerprint density at radius 2 is 1.86 bits per heavy atom. The first-order valence-electron chi connectivity index (χ1n) is 11.2. The van der Waals surface area contributed by atoms with E-state index in [1.54, 1.807) is 0 Å². The Balaban J connectivity index is 0.000000279. The Bertz CT molecular complexity index is 625. The summed E-state index contributed by atoms with van der Waals surface area (Å²) in [6, 6.07) is 0. The van der Waals surface area contributed by atoms with Crippen molar-refractivity contribution < 1.29 is 19.7 Å². The monoisotopic (exact) mass is 390 g/mol. The van der Waals surface area contributed by atoms with Gasteiger partial charge in [-0.15, -0.1) is 6.42 Å². The van der Waals surface area contributed by atoms with Gasteiger partial charge in [0.05, 0.1) is 11.7 Å². The third-order valence-electron chi connectivity index (χ3n) is 9.04. The lowest BCUT2D eigenvalue weighted by molar-refractivity contribution is -0.235. The molecule has 28 heavy (non-hydrogen) atoms. The van der Waals surface area contributed by atoms with Crippen LogP contribution in [0.1, 0.15) is 85.0 Å². The van der Waals surface area contributed by atoms with Crippen LogP contribution in [0.3, 0.4) is 0 Å². The zero-order chi connectivity index (χ0) is 20.6. The van der Waals surface area contributed by atoms with Gasteiger partial charge in [-0.2, -0.15) is 0 Å². The standard InChI is InChI=1S/C19H32O2.C5H6O2/c1-17-9-4-3-6-13(17)7-8-14-15(17)12-16(20)18(2)10-5-11-19(14,18)21;1-3-4-7-5(2)6/h13-16,20-21H,3-12H2,1-2H3;1H,4H2,2H3/t13-,14?,15?,16+,17?,18-,19-;/m0./s1. The van der Waals surface area contributed by atoms with E-state index in [2.05, 4.69) is 24.5 Å². The van der Waals surface area contributed by atoms with Gasteiger partial charge in [0.15, 0.2) is 6.61 Å². The molecule has 0 aromatic carbocycles. The van der Waals surface area contributed by atoms with Crippen LogP contribution in [0.4, 0.5) is 0 Å². The molecule has 0 spiro atoms. The largest absolute Gasteiger partial charge is 0.453 e. The molecule has 158 valence electrons. The molecule has 4 fully saturated rings. The van der Waals surface area contributed by atoms with Crippen LogP contribution < -0.4 is 0 Å². The number of ether oxygens (including phenoxy) is 1. The maximum Gasteiger partial charge on any atom is 0.303 e. The van der Waals surface area contributed by atoms with E-state index in [0.717, 1.165) is 31.6 Å². The lowest BCUT2D eigenvalue weighted by Gasteiger charge is -2.63. The second kappa shape index (κ2) is 8.00. The van der Waals surface area contributed by atoms with Crippen LogP contribution in [0.25, 0.3) is 0 Å². The molecule has 0 amide bonds. The van der Waals surface area contributed by atoms with Gasteiger partial charge in [0.2, 0.25) is 0 Å². The smallest absolute Gasteiger partial charge is 0.303 e. The van der Waals surface area contributed by atoms with Crippen LogP contribution in [-0.2, 0) is 9.53 Å². The summed E-state index contributed by atoms with van der Waals surface area (Å²) in [6.07, 6.45) is 16.4. The van der Waals surface area contributed by atoms with E-state index in [-0.39, 0.29) is 24.1 Å². The van der Waals surface area contributed by atoms with E-state index in [1.165, 1.54) is 45.4 Å². The van der Waals surface area contributed by atoms with Gasteiger partial charge in [-0.3, -0.25) is 4.79 Å². The average Bonchev–Trinajstić information content (AvgIpc) is 2.98. The zero-order valence-corrected chi connectivity index (χ0v) is 17.9. The first-order valence-corrected chi connectivity index (χ1v) is 11.2. The van der Waals surface area contributed by atoms with Gasteiger partial charge >= 0.3 is 5.97 Å². The van der Waals surface area contributed by atoms with Crippen molar-refractivity contribution >= 4 is 5.97 Å². The summed E-state index contributed by atoms with van der Waals surface area (Å²) >= 11 is 0. The number of esters is 1. The number of terminal acetylenes is 1. The molecule has 0 saturated heterocycles. The number of carbonyl (C=O) groups is 1. The van der Waals surface area contributed by atoms with Crippen LogP contribution >= 0.6 is 0 Å². The minimum Gasteiger partial charge on any atom is -0.453 e. The second-order valence-electron chi connectivity index (χ2n) is 10.2. The summed E-state index contributed by atoms with van der Waals surface area (Å²) in [5, 5.41) is 22.5. The van der Waals surface area contributed by atoms with Crippen LogP contribution in [0.2, 0.25) is 0 Å². The van der Waals surface area contributed by atoms with E-state index < -0.39 is 5.60 Å². The highest BCUT2D eigenvalue weighted by atomic mass is 16.5. The molecule has 7 atom stereocenters. The van der Waals surface area contributed by atoms with Gasteiger partial charge in [-0.1, -0.05) is 32.6 Å². The van der Waals surface area contributed by atoms with E-state index in [9.17, 15) is 15.0 Å². The Kier molecular flexibility index (Phi) is 6.18. The zero-order valence-electron chi connectivity index (χ0n) is 17.9. The Morgan fingerprint density at radius 3 is 2.50 bits per heavy atom. The molecular weight excluding hydrogens is 352 g/mol. The second-order valence-corrected chi connectivity index (χ2v) is 10.2.